The number of ether oxygens (including phenoxy) is 1. The molecule has 1 aromatic rings. The summed E-state index contributed by atoms with van der Waals surface area (Å²) >= 11 is 0. The van der Waals surface area contributed by atoms with Gasteiger partial charge in [-0.2, -0.15) is 0 Å². The summed E-state index contributed by atoms with van der Waals surface area (Å²) in [6, 6.07) is 7.55. The number of anilines is 1. The lowest BCUT2D eigenvalue weighted by Crippen LogP contribution is -2.39. The lowest BCUT2D eigenvalue weighted by Gasteiger charge is -2.24. The second kappa shape index (κ2) is 5.28. The van der Waals surface area contributed by atoms with Crippen LogP contribution in [0, 0.1) is 0 Å². The maximum Gasteiger partial charge on any atom is 0.155 e. The van der Waals surface area contributed by atoms with Crippen LogP contribution in [-0.2, 0) is 9.84 Å². The van der Waals surface area contributed by atoms with Crippen molar-refractivity contribution in [3.63, 3.8) is 0 Å². The Morgan fingerprint density at radius 1 is 1.25 bits per heavy atom. The fraction of sp³-hybridized carbons (Fsp3) is 0.600. The summed E-state index contributed by atoms with van der Waals surface area (Å²) in [6.07, 6.45) is 2.93. The van der Waals surface area contributed by atoms with Crippen molar-refractivity contribution in [1.29, 1.82) is 0 Å². The standard InChI is InChI=1S/C15H23NO3S/c1-11(2)19-14-7-5-6-13(10-14)16-12(3)15(8-9-15)20(4,17)18/h5-7,10-12,16H,8-9H2,1-4H3. The van der Waals surface area contributed by atoms with Crippen LogP contribution in [-0.4, -0.2) is 31.6 Å². The summed E-state index contributed by atoms with van der Waals surface area (Å²) in [5.41, 5.74) is 0.894. The van der Waals surface area contributed by atoms with Crippen LogP contribution in [0.3, 0.4) is 0 Å². The minimum atomic E-state index is -3.03. The van der Waals surface area contributed by atoms with Crippen molar-refractivity contribution in [2.24, 2.45) is 0 Å². The first-order valence-corrected chi connectivity index (χ1v) is 8.86. The first kappa shape index (κ1) is 15.2. The highest BCUT2D eigenvalue weighted by Crippen LogP contribution is 2.46. The number of nitrogens with one attached hydrogen (secondary N) is 1. The van der Waals surface area contributed by atoms with Gasteiger partial charge in [-0.15, -0.1) is 0 Å². The molecule has 1 fully saturated rings. The molecule has 1 atom stereocenters. The molecule has 1 N–H and O–H groups in total. The SMILES string of the molecule is CC(C)Oc1cccc(NC(C)C2(S(C)(=O)=O)CC2)c1. The van der Waals surface area contributed by atoms with E-state index in [0.717, 1.165) is 24.3 Å². The summed E-state index contributed by atoms with van der Waals surface area (Å²) < 4.78 is 28.8. The molecule has 1 saturated carbocycles. The van der Waals surface area contributed by atoms with Crippen LogP contribution in [0.5, 0.6) is 5.75 Å². The number of sulfone groups is 1. The zero-order valence-corrected chi connectivity index (χ0v) is 13.3. The lowest BCUT2D eigenvalue weighted by molar-refractivity contribution is 0.242. The maximum absolute atomic E-state index is 11.9. The number of rotatable bonds is 6. The number of hydrogen-bond donors (Lipinski definition) is 1. The summed E-state index contributed by atoms with van der Waals surface area (Å²) in [7, 11) is -3.03. The molecule has 0 aliphatic heterocycles. The van der Waals surface area contributed by atoms with Gasteiger partial charge in [-0.05, 0) is 45.7 Å². The molecule has 2 rings (SSSR count). The van der Waals surface area contributed by atoms with Crippen molar-refractivity contribution < 1.29 is 13.2 Å². The third-order valence-corrected chi connectivity index (χ3v) is 6.10. The molecular formula is C15H23NO3S. The molecule has 4 nitrogen and oxygen atoms in total. The van der Waals surface area contributed by atoms with Crippen molar-refractivity contribution in [2.45, 2.75) is 50.5 Å². The summed E-state index contributed by atoms with van der Waals surface area (Å²) in [5, 5.41) is 3.31. The fourth-order valence-electron chi connectivity index (χ4n) is 2.56. The van der Waals surface area contributed by atoms with Gasteiger partial charge in [0, 0.05) is 24.1 Å². The zero-order chi connectivity index (χ0) is 15.0. The molecule has 1 unspecified atom stereocenters. The molecule has 5 heteroatoms. The largest absolute Gasteiger partial charge is 0.491 e. The van der Waals surface area contributed by atoms with E-state index in [0.29, 0.717) is 0 Å². The highest BCUT2D eigenvalue weighted by molar-refractivity contribution is 7.92. The van der Waals surface area contributed by atoms with E-state index in [1.165, 1.54) is 6.26 Å². The van der Waals surface area contributed by atoms with Crippen molar-refractivity contribution >= 4 is 15.5 Å². The first-order valence-electron chi connectivity index (χ1n) is 6.97. The van der Waals surface area contributed by atoms with E-state index in [1.54, 1.807) is 0 Å². The molecule has 20 heavy (non-hydrogen) atoms. The Kier molecular flexibility index (Phi) is 4.00. The van der Waals surface area contributed by atoms with Crippen LogP contribution >= 0.6 is 0 Å². The zero-order valence-electron chi connectivity index (χ0n) is 12.5. The van der Waals surface area contributed by atoms with Crippen LogP contribution in [0.15, 0.2) is 24.3 Å². The van der Waals surface area contributed by atoms with Gasteiger partial charge in [0.15, 0.2) is 9.84 Å². The molecule has 0 bridgehead atoms. The molecule has 0 saturated heterocycles. The lowest BCUT2D eigenvalue weighted by atomic mass is 10.2. The van der Waals surface area contributed by atoms with Gasteiger partial charge in [0.2, 0.25) is 0 Å². The van der Waals surface area contributed by atoms with Gasteiger partial charge < -0.3 is 10.1 Å². The highest BCUT2D eigenvalue weighted by atomic mass is 32.2. The Bertz CT molecular complexity index is 577. The molecule has 112 valence electrons. The van der Waals surface area contributed by atoms with E-state index in [9.17, 15) is 8.42 Å². The van der Waals surface area contributed by atoms with Crippen LogP contribution < -0.4 is 10.1 Å². The van der Waals surface area contributed by atoms with E-state index in [2.05, 4.69) is 5.32 Å². The Labute approximate surface area is 121 Å². The van der Waals surface area contributed by atoms with Crippen molar-refractivity contribution in [1.82, 2.24) is 0 Å². The average Bonchev–Trinajstić information content (AvgIpc) is 3.08. The number of hydrogen-bond acceptors (Lipinski definition) is 4. The molecule has 0 radical (unpaired) electrons. The minimum absolute atomic E-state index is 0.105. The van der Waals surface area contributed by atoms with Gasteiger partial charge in [-0.25, -0.2) is 8.42 Å². The molecule has 0 aromatic heterocycles. The maximum atomic E-state index is 11.9. The van der Waals surface area contributed by atoms with Gasteiger partial charge in [-0.3, -0.25) is 0 Å². The monoisotopic (exact) mass is 297 g/mol. The average molecular weight is 297 g/mol. The van der Waals surface area contributed by atoms with Gasteiger partial charge in [-0.1, -0.05) is 6.07 Å². The predicted molar refractivity (Wildman–Crippen MR) is 82.1 cm³/mol. The second-order valence-corrected chi connectivity index (χ2v) is 8.25. The normalized spacial score (nSPS) is 18.6. The van der Waals surface area contributed by atoms with Gasteiger partial charge in [0.05, 0.1) is 10.9 Å². The first-order chi connectivity index (χ1) is 9.24. The van der Waals surface area contributed by atoms with Gasteiger partial charge in [0.1, 0.15) is 5.75 Å². The van der Waals surface area contributed by atoms with E-state index in [-0.39, 0.29) is 12.1 Å². The summed E-state index contributed by atoms with van der Waals surface area (Å²) in [6.45, 7) is 5.89. The Hall–Kier alpha value is -1.23. The summed E-state index contributed by atoms with van der Waals surface area (Å²) in [4.78, 5) is 0. The summed E-state index contributed by atoms with van der Waals surface area (Å²) in [5.74, 6) is 0.793. The Morgan fingerprint density at radius 2 is 1.90 bits per heavy atom. The van der Waals surface area contributed by atoms with Gasteiger partial charge in [0.25, 0.3) is 0 Å². The molecule has 0 amide bonds. The predicted octanol–water partition coefficient (Wildman–Crippen LogP) is 2.85. The van der Waals surface area contributed by atoms with E-state index in [4.69, 9.17) is 4.74 Å². The van der Waals surface area contributed by atoms with E-state index < -0.39 is 14.6 Å². The van der Waals surface area contributed by atoms with Gasteiger partial charge >= 0.3 is 0 Å². The van der Waals surface area contributed by atoms with Crippen LogP contribution in [0.1, 0.15) is 33.6 Å². The van der Waals surface area contributed by atoms with Crippen LogP contribution in [0.2, 0.25) is 0 Å². The quantitative estimate of drug-likeness (QED) is 0.877. The molecular weight excluding hydrogens is 274 g/mol. The third kappa shape index (κ3) is 3.08. The van der Waals surface area contributed by atoms with Crippen LogP contribution in [0.4, 0.5) is 5.69 Å². The molecule has 1 aromatic carbocycles. The van der Waals surface area contributed by atoms with Crippen molar-refractivity contribution in [3.05, 3.63) is 24.3 Å². The third-order valence-electron chi connectivity index (χ3n) is 3.86. The fourth-order valence-corrected chi connectivity index (χ4v) is 4.11. The topological polar surface area (TPSA) is 55.4 Å². The van der Waals surface area contributed by atoms with Crippen molar-refractivity contribution in [2.75, 3.05) is 11.6 Å². The van der Waals surface area contributed by atoms with Crippen molar-refractivity contribution in [3.8, 4) is 5.75 Å². The number of benzene rings is 1. The Balaban J connectivity index is 2.11. The van der Waals surface area contributed by atoms with E-state index in [1.807, 2.05) is 45.0 Å². The second-order valence-electron chi connectivity index (χ2n) is 5.90. The molecule has 0 spiro atoms. The smallest absolute Gasteiger partial charge is 0.155 e. The minimum Gasteiger partial charge on any atom is -0.491 e. The van der Waals surface area contributed by atoms with Crippen LogP contribution in [0.25, 0.3) is 0 Å². The highest BCUT2D eigenvalue weighted by Gasteiger charge is 2.56. The van der Waals surface area contributed by atoms with E-state index >= 15 is 0 Å². The molecule has 0 heterocycles. The Morgan fingerprint density at radius 3 is 2.40 bits per heavy atom. The molecule has 1 aliphatic rings. The molecule has 1 aliphatic carbocycles.